The molecule has 0 saturated heterocycles. The van der Waals surface area contributed by atoms with Crippen molar-refractivity contribution in [3.63, 3.8) is 0 Å². The SMILES string of the molecule is Cc1cccnc1Oc1ccc(I)cc1C(=O)O. The molecule has 0 aliphatic rings. The molecule has 0 atom stereocenters. The molecule has 5 heteroatoms. The topological polar surface area (TPSA) is 59.4 Å². The number of rotatable bonds is 3. The first-order chi connectivity index (χ1) is 8.58. The second kappa shape index (κ2) is 5.34. The first-order valence-corrected chi connectivity index (χ1v) is 6.28. The average molecular weight is 355 g/mol. The summed E-state index contributed by atoms with van der Waals surface area (Å²) >= 11 is 2.06. The van der Waals surface area contributed by atoms with Gasteiger partial charge in [0, 0.05) is 15.3 Å². The average Bonchev–Trinajstić information content (AvgIpc) is 2.34. The van der Waals surface area contributed by atoms with Crippen LogP contribution in [0.15, 0.2) is 36.5 Å². The number of ether oxygens (including phenoxy) is 1. The molecule has 0 aliphatic heterocycles. The van der Waals surface area contributed by atoms with E-state index in [-0.39, 0.29) is 5.56 Å². The van der Waals surface area contributed by atoms with E-state index in [1.165, 1.54) is 0 Å². The lowest BCUT2D eigenvalue weighted by atomic mass is 10.2. The highest BCUT2D eigenvalue weighted by atomic mass is 127. The van der Waals surface area contributed by atoms with E-state index >= 15 is 0 Å². The van der Waals surface area contributed by atoms with Crippen molar-refractivity contribution in [3.05, 3.63) is 51.2 Å². The molecule has 0 radical (unpaired) electrons. The quantitative estimate of drug-likeness (QED) is 0.857. The third-order valence-corrected chi connectivity index (χ3v) is 3.01. The lowest BCUT2D eigenvalue weighted by Crippen LogP contribution is -2.01. The summed E-state index contributed by atoms with van der Waals surface area (Å²) in [6, 6.07) is 8.65. The zero-order valence-corrected chi connectivity index (χ0v) is 11.7. The zero-order chi connectivity index (χ0) is 13.1. The lowest BCUT2D eigenvalue weighted by Gasteiger charge is -2.09. The second-order valence-corrected chi connectivity index (χ2v) is 4.92. The van der Waals surface area contributed by atoms with Gasteiger partial charge in [-0.1, -0.05) is 6.07 Å². The van der Waals surface area contributed by atoms with Crippen LogP contribution in [0.1, 0.15) is 15.9 Å². The highest BCUT2D eigenvalue weighted by molar-refractivity contribution is 14.1. The number of aryl methyl sites for hydroxylation is 1. The van der Waals surface area contributed by atoms with Crippen molar-refractivity contribution in [1.82, 2.24) is 4.98 Å². The van der Waals surface area contributed by atoms with Gasteiger partial charge in [-0.05, 0) is 53.8 Å². The largest absolute Gasteiger partial charge is 0.478 e. The molecule has 0 fully saturated rings. The number of benzene rings is 1. The van der Waals surface area contributed by atoms with E-state index in [2.05, 4.69) is 27.6 Å². The Kier molecular flexibility index (Phi) is 3.81. The number of carboxylic acid groups (broad SMARTS) is 1. The number of hydrogen-bond donors (Lipinski definition) is 1. The number of hydrogen-bond acceptors (Lipinski definition) is 3. The summed E-state index contributed by atoms with van der Waals surface area (Å²) < 4.78 is 6.40. The molecule has 0 bridgehead atoms. The van der Waals surface area contributed by atoms with Crippen molar-refractivity contribution in [2.75, 3.05) is 0 Å². The minimum Gasteiger partial charge on any atom is -0.478 e. The maximum absolute atomic E-state index is 11.1. The van der Waals surface area contributed by atoms with E-state index in [1.807, 2.05) is 13.0 Å². The second-order valence-electron chi connectivity index (χ2n) is 3.67. The number of aromatic nitrogens is 1. The summed E-state index contributed by atoms with van der Waals surface area (Å²) in [5.74, 6) is -0.303. The Labute approximate surface area is 118 Å². The Morgan fingerprint density at radius 1 is 1.39 bits per heavy atom. The molecule has 92 valence electrons. The van der Waals surface area contributed by atoms with Gasteiger partial charge in [0.15, 0.2) is 0 Å². The van der Waals surface area contributed by atoms with Crippen LogP contribution in [-0.4, -0.2) is 16.1 Å². The number of nitrogens with zero attached hydrogens (tertiary/aromatic N) is 1. The van der Waals surface area contributed by atoms with Crippen LogP contribution in [0.4, 0.5) is 0 Å². The smallest absolute Gasteiger partial charge is 0.339 e. The molecule has 1 aromatic heterocycles. The summed E-state index contributed by atoms with van der Waals surface area (Å²) in [5, 5.41) is 9.13. The molecule has 0 unspecified atom stereocenters. The Morgan fingerprint density at radius 3 is 2.83 bits per heavy atom. The van der Waals surface area contributed by atoms with Crippen molar-refractivity contribution >= 4 is 28.6 Å². The van der Waals surface area contributed by atoms with Crippen LogP contribution in [0.2, 0.25) is 0 Å². The molecule has 2 rings (SSSR count). The van der Waals surface area contributed by atoms with Crippen molar-refractivity contribution < 1.29 is 14.6 Å². The van der Waals surface area contributed by atoms with Crippen LogP contribution in [0.25, 0.3) is 0 Å². The summed E-state index contributed by atoms with van der Waals surface area (Å²) in [5.41, 5.74) is 0.986. The van der Waals surface area contributed by atoms with Crippen LogP contribution in [0, 0.1) is 10.5 Å². The Balaban J connectivity index is 2.41. The Bertz CT molecular complexity index is 599. The van der Waals surface area contributed by atoms with Gasteiger partial charge in [0.2, 0.25) is 5.88 Å². The van der Waals surface area contributed by atoms with Crippen molar-refractivity contribution in [3.8, 4) is 11.6 Å². The van der Waals surface area contributed by atoms with E-state index in [4.69, 9.17) is 9.84 Å². The lowest BCUT2D eigenvalue weighted by molar-refractivity contribution is 0.0694. The predicted molar refractivity (Wildman–Crippen MR) is 75.2 cm³/mol. The fraction of sp³-hybridized carbons (Fsp3) is 0.0769. The van der Waals surface area contributed by atoms with Gasteiger partial charge < -0.3 is 9.84 Å². The number of aromatic carboxylic acids is 1. The summed E-state index contributed by atoms with van der Waals surface area (Å²) in [6.45, 7) is 1.86. The van der Waals surface area contributed by atoms with E-state index in [0.29, 0.717) is 11.6 Å². The number of pyridine rings is 1. The van der Waals surface area contributed by atoms with Crippen LogP contribution < -0.4 is 4.74 Å². The first-order valence-electron chi connectivity index (χ1n) is 5.20. The predicted octanol–water partition coefficient (Wildman–Crippen LogP) is 3.49. The molecule has 4 nitrogen and oxygen atoms in total. The van der Waals surface area contributed by atoms with Gasteiger partial charge in [0.25, 0.3) is 0 Å². The minimum atomic E-state index is -1.02. The Morgan fingerprint density at radius 2 is 2.17 bits per heavy atom. The van der Waals surface area contributed by atoms with E-state index < -0.39 is 5.97 Å². The minimum absolute atomic E-state index is 0.131. The van der Waals surface area contributed by atoms with Crippen LogP contribution in [-0.2, 0) is 0 Å². The third kappa shape index (κ3) is 2.79. The summed E-state index contributed by atoms with van der Waals surface area (Å²) in [6.07, 6.45) is 1.61. The molecule has 0 aliphatic carbocycles. The monoisotopic (exact) mass is 355 g/mol. The van der Waals surface area contributed by atoms with Gasteiger partial charge >= 0.3 is 5.97 Å². The summed E-state index contributed by atoms with van der Waals surface area (Å²) in [7, 11) is 0. The molecule has 0 saturated carbocycles. The third-order valence-electron chi connectivity index (χ3n) is 2.34. The zero-order valence-electron chi connectivity index (χ0n) is 9.55. The molecule has 1 aromatic carbocycles. The molecule has 0 amide bonds. The molecule has 2 aromatic rings. The van der Waals surface area contributed by atoms with Gasteiger partial charge in [-0.3, -0.25) is 0 Å². The molecular formula is C13H10INO3. The van der Waals surface area contributed by atoms with Gasteiger partial charge in [-0.2, -0.15) is 0 Å². The summed E-state index contributed by atoms with van der Waals surface area (Å²) in [4.78, 5) is 15.2. The van der Waals surface area contributed by atoms with Gasteiger partial charge in [-0.15, -0.1) is 0 Å². The van der Waals surface area contributed by atoms with Crippen LogP contribution in [0.5, 0.6) is 11.6 Å². The number of carboxylic acids is 1. The van der Waals surface area contributed by atoms with Gasteiger partial charge in [0.05, 0.1) is 0 Å². The van der Waals surface area contributed by atoms with E-state index in [1.54, 1.807) is 30.5 Å². The highest BCUT2D eigenvalue weighted by Gasteiger charge is 2.13. The van der Waals surface area contributed by atoms with Gasteiger partial charge in [0.1, 0.15) is 11.3 Å². The maximum Gasteiger partial charge on any atom is 0.339 e. The van der Waals surface area contributed by atoms with Crippen LogP contribution in [0.3, 0.4) is 0 Å². The van der Waals surface area contributed by atoms with Gasteiger partial charge in [-0.25, -0.2) is 9.78 Å². The highest BCUT2D eigenvalue weighted by Crippen LogP contribution is 2.27. The molecular weight excluding hydrogens is 345 g/mol. The van der Waals surface area contributed by atoms with E-state index in [0.717, 1.165) is 9.13 Å². The molecule has 0 spiro atoms. The van der Waals surface area contributed by atoms with Crippen molar-refractivity contribution in [1.29, 1.82) is 0 Å². The number of carbonyl (C=O) groups is 1. The number of halogens is 1. The normalized spacial score (nSPS) is 10.1. The molecule has 18 heavy (non-hydrogen) atoms. The molecule has 1 heterocycles. The van der Waals surface area contributed by atoms with Crippen molar-refractivity contribution in [2.24, 2.45) is 0 Å². The standard InChI is InChI=1S/C13H10INO3/c1-8-3-2-6-15-12(8)18-11-5-4-9(14)7-10(11)13(16)17/h2-7H,1H3,(H,16,17). The van der Waals surface area contributed by atoms with Crippen molar-refractivity contribution in [2.45, 2.75) is 6.92 Å². The Hall–Kier alpha value is -1.63. The fourth-order valence-electron chi connectivity index (χ4n) is 1.44. The maximum atomic E-state index is 11.1. The van der Waals surface area contributed by atoms with E-state index in [9.17, 15) is 4.79 Å². The fourth-order valence-corrected chi connectivity index (χ4v) is 1.93. The molecule has 1 N–H and O–H groups in total. The van der Waals surface area contributed by atoms with Crippen LogP contribution >= 0.6 is 22.6 Å². The first kappa shape index (κ1) is 12.8.